The summed E-state index contributed by atoms with van der Waals surface area (Å²) in [6.07, 6.45) is 1.20. The highest BCUT2D eigenvalue weighted by atomic mass is 35.5. The number of nitrogens with zero attached hydrogens (tertiary/aromatic N) is 2. The van der Waals surface area contributed by atoms with E-state index >= 15 is 0 Å². The van der Waals surface area contributed by atoms with Crippen molar-refractivity contribution >= 4 is 27.4 Å². The maximum Gasteiger partial charge on any atom is 0.194 e. The van der Waals surface area contributed by atoms with Gasteiger partial charge in [-0.3, -0.25) is 4.99 Å². The van der Waals surface area contributed by atoms with Crippen molar-refractivity contribution in [3.05, 3.63) is 34.9 Å². The molecule has 0 heterocycles. The summed E-state index contributed by atoms with van der Waals surface area (Å²) in [5.41, 5.74) is 1.14. The summed E-state index contributed by atoms with van der Waals surface area (Å²) < 4.78 is 27.3. The van der Waals surface area contributed by atoms with Crippen LogP contribution >= 0.6 is 11.6 Å². The Morgan fingerprint density at radius 2 is 1.96 bits per heavy atom. The Hall–Kier alpha value is -1.31. The molecule has 1 aromatic rings. The molecule has 0 fully saturated rings. The van der Waals surface area contributed by atoms with Gasteiger partial charge in [-0.1, -0.05) is 23.7 Å². The molecule has 0 spiro atoms. The van der Waals surface area contributed by atoms with Crippen LogP contribution in [-0.2, 0) is 21.1 Å². The average molecular weight is 376 g/mol. The van der Waals surface area contributed by atoms with Gasteiger partial charge in [0.25, 0.3) is 0 Å². The van der Waals surface area contributed by atoms with Gasteiger partial charge in [-0.05, 0) is 24.6 Å². The highest BCUT2D eigenvalue weighted by Crippen LogP contribution is 2.11. The van der Waals surface area contributed by atoms with Crippen LogP contribution in [0.2, 0.25) is 5.02 Å². The van der Waals surface area contributed by atoms with E-state index < -0.39 is 9.84 Å². The lowest BCUT2D eigenvalue weighted by Crippen LogP contribution is -2.38. The minimum atomic E-state index is -2.98. The van der Waals surface area contributed by atoms with Crippen LogP contribution in [0.3, 0.4) is 0 Å². The van der Waals surface area contributed by atoms with Crippen LogP contribution in [0.4, 0.5) is 0 Å². The number of hydrogen-bond donors (Lipinski definition) is 1. The van der Waals surface area contributed by atoms with Crippen LogP contribution in [0.15, 0.2) is 29.3 Å². The van der Waals surface area contributed by atoms with Crippen LogP contribution in [-0.4, -0.2) is 64.6 Å². The number of nitrogens with one attached hydrogen (secondary N) is 1. The van der Waals surface area contributed by atoms with Gasteiger partial charge in [0.05, 0.1) is 25.5 Å². The third kappa shape index (κ3) is 9.10. The molecule has 0 radical (unpaired) electrons. The van der Waals surface area contributed by atoms with Crippen LogP contribution < -0.4 is 5.32 Å². The molecule has 0 unspecified atom stereocenters. The molecule has 0 saturated heterocycles. The van der Waals surface area contributed by atoms with Gasteiger partial charge < -0.3 is 15.0 Å². The van der Waals surface area contributed by atoms with E-state index in [1.165, 1.54) is 6.26 Å². The van der Waals surface area contributed by atoms with Crippen molar-refractivity contribution < 1.29 is 13.2 Å². The fourth-order valence-corrected chi connectivity index (χ4v) is 2.48. The summed E-state index contributed by atoms with van der Waals surface area (Å²) in [6, 6.07) is 7.70. The highest BCUT2D eigenvalue weighted by molar-refractivity contribution is 7.90. The van der Waals surface area contributed by atoms with Crippen molar-refractivity contribution in [2.45, 2.75) is 13.5 Å². The quantitative estimate of drug-likeness (QED) is 0.405. The molecule has 0 atom stereocenters. The number of hydrogen-bond acceptors (Lipinski definition) is 4. The van der Waals surface area contributed by atoms with Crippen molar-refractivity contribution in [1.82, 2.24) is 10.2 Å². The first-order chi connectivity index (χ1) is 11.3. The standard InChI is InChI=1S/C16H26ClN3O3S/c1-4-18-16(19-9-10-23-11-12-24(3,21)22)20(2)13-14-5-7-15(17)8-6-14/h5-8H,4,9-13H2,1-3H3,(H,18,19). The van der Waals surface area contributed by atoms with E-state index in [1.54, 1.807) is 0 Å². The minimum Gasteiger partial charge on any atom is -0.378 e. The second kappa shape index (κ2) is 10.5. The lowest BCUT2D eigenvalue weighted by molar-refractivity contribution is 0.157. The number of aliphatic imine (C=N–C) groups is 1. The molecule has 0 bridgehead atoms. The van der Waals surface area contributed by atoms with E-state index in [2.05, 4.69) is 10.3 Å². The second-order valence-electron chi connectivity index (χ2n) is 5.46. The number of halogens is 1. The molecule has 0 aromatic heterocycles. The number of rotatable bonds is 9. The summed E-state index contributed by atoms with van der Waals surface area (Å²) in [5, 5.41) is 3.94. The number of guanidine groups is 1. The molecule has 6 nitrogen and oxygen atoms in total. The zero-order chi connectivity index (χ0) is 18.0. The van der Waals surface area contributed by atoms with E-state index in [4.69, 9.17) is 16.3 Å². The monoisotopic (exact) mass is 375 g/mol. The maximum absolute atomic E-state index is 11.0. The number of benzene rings is 1. The molecular formula is C16H26ClN3O3S. The van der Waals surface area contributed by atoms with Gasteiger partial charge in [-0.15, -0.1) is 0 Å². The van der Waals surface area contributed by atoms with E-state index in [1.807, 2.05) is 43.1 Å². The lowest BCUT2D eigenvalue weighted by atomic mass is 10.2. The first kappa shape index (κ1) is 20.7. The number of ether oxygens (including phenoxy) is 1. The normalized spacial score (nSPS) is 12.2. The Bertz CT molecular complexity index is 618. The van der Waals surface area contributed by atoms with Crippen LogP contribution in [0, 0.1) is 0 Å². The van der Waals surface area contributed by atoms with Crippen LogP contribution in [0.25, 0.3) is 0 Å². The summed E-state index contributed by atoms with van der Waals surface area (Å²) in [5.74, 6) is 0.812. The predicted molar refractivity (Wildman–Crippen MR) is 99.4 cm³/mol. The largest absolute Gasteiger partial charge is 0.378 e. The highest BCUT2D eigenvalue weighted by Gasteiger charge is 2.06. The van der Waals surface area contributed by atoms with Crippen molar-refractivity contribution in [2.75, 3.05) is 45.4 Å². The van der Waals surface area contributed by atoms with Crippen molar-refractivity contribution in [3.8, 4) is 0 Å². The third-order valence-electron chi connectivity index (χ3n) is 3.13. The molecule has 1 N–H and O–H groups in total. The SMILES string of the molecule is CCNC(=NCCOCCS(C)(=O)=O)N(C)Cc1ccc(Cl)cc1. The summed E-state index contributed by atoms with van der Waals surface area (Å²) in [4.78, 5) is 6.51. The smallest absolute Gasteiger partial charge is 0.194 e. The molecular weight excluding hydrogens is 350 g/mol. The Morgan fingerprint density at radius 1 is 1.29 bits per heavy atom. The summed E-state index contributed by atoms with van der Waals surface area (Å²) in [6.45, 7) is 4.53. The molecule has 24 heavy (non-hydrogen) atoms. The van der Waals surface area contributed by atoms with Gasteiger partial charge in [-0.2, -0.15) is 0 Å². The molecule has 8 heteroatoms. The van der Waals surface area contributed by atoms with Gasteiger partial charge in [0, 0.05) is 31.4 Å². The zero-order valence-corrected chi connectivity index (χ0v) is 16.0. The Labute approximate surface area is 149 Å². The Kier molecular flexibility index (Phi) is 9.10. The maximum atomic E-state index is 11.0. The molecule has 0 aliphatic rings. The number of sulfone groups is 1. The first-order valence-corrected chi connectivity index (χ1v) is 10.2. The Balaban J connectivity index is 2.47. The average Bonchev–Trinajstić information content (AvgIpc) is 2.50. The molecule has 1 aromatic carbocycles. The molecule has 0 saturated carbocycles. The molecule has 136 valence electrons. The van der Waals surface area contributed by atoms with Gasteiger partial charge in [-0.25, -0.2) is 8.42 Å². The van der Waals surface area contributed by atoms with Gasteiger partial charge >= 0.3 is 0 Å². The van der Waals surface area contributed by atoms with Crippen molar-refractivity contribution in [3.63, 3.8) is 0 Å². The molecule has 1 rings (SSSR count). The Morgan fingerprint density at radius 3 is 2.54 bits per heavy atom. The van der Waals surface area contributed by atoms with Crippen molar-refractivity contribution in [2.24, 2.45) is 4.99 Å². The summed E-state index contributed by atoms with van der Waals surface area (Å²) >= 11 is 5.90. The molecule has 0 aliphatic heterocycles. The van der Waals surface area contributed by atoms with E-state index in [0.29, 0.717) is 24.7 Å². The second-order valence-corrected chi connectivity index (χ2v) is 8.16. The van der Waals surface area contributed by atoms with E-state index in [-0.39, 0.29) is 12.4 Å². The molecule has 0 amide bonds. The predicted octanol–water partition coefficient (Wildman–Crippen LogP) is 1.80. The van der Waals surface area contributed by atoms with Gasteiger partial charge in [0.1, 0.15) is 9.84 Å². The van der Waals surface area contributed by atoms with E-state index in [0.717, 1.165) is 18.1 Å². The first-order valence-electron chi connectivity index (χ1n) is 7.81. The fraction of sp³-hybridized carbons (Fsp3) is 0.562. The van der Waals surface area contributed by atoms with Gasteiger partial charge in [0.15, 0.2) is 5.96 Å². The summed E-state index contributed by atoms with van der Waals surface area (Å²) in [7, 11) is -1.02. The van der Waals surface area contributed by atoms with E-state index in [9.17, 15) is 8.42 Å². The fourth-order valence-electron chi connectivity index (χ4n) is 1.94. The lowest BCUT2D eigenvalue weighted by Gasteiger charge is -2.22. The molecule has 0 aliphatic carbocycles. The van der Waals surface area contributed by atoms with Crippen molar-refractivity contribution in [1.29, 1.82) is 0 Å². The van der Waals surface area contributed by atoms with Crippen LogP contribution in [0.1, 0.15) is 12.5 Å². The van der Waals surface area contributed by atoms with Crippen LogP contribution in [0.5, 0.6) is 0 Å². The zero-order valence-electron chi connectivity index (χ0n) is 14.5. The van der Waals surface area contributed by atoms with Gasteiger partial charge in [0.2, 0.25) is 0 Å². The third-order valence-corrected chi connectivity index (χ3v) is 4.29. The minimum absolute atomic E-state index is 0.0350. The topological polar surface area (TPSA) is 71.0 Å².